The van der Waals surface area contributed by atoms with Crippen LogP contribution in [-0.2, 0) is 14.3 Å². The summed E-state index contributed by atoms with van der Waals surface area (Å²) in [4.78, 5) is 22.1. The molecule has 1 aliphatic rings. The van der Waals surface area contributed by atoms with E-state index in [2.05, 4.69) is 20.7 Å². The molecule has 1 saturated heterocycles. The van der Waals surface area contributed by atoms with E-state index in [0.29, 0.717) is 10.0 Å². The van der Waals surface area contributed by atoms with Crippen LogP contribution in [0.4, 0.5) is 4.39 Å². The maximum absolute atomic E-state index is 13.6. The first kappa shape index (κ1) is 11.3. The van der Waals surface area contributed by atoms with Crippen molar-refractivity contribution in [1.82, 2.24) is 0 Å². The van der Waals surface area contributed by atoms with Crippen LogP contribution in [0.2, 0.25) is 0 Å². The van der Waals surface area contributed by atoms with Gasteiger partial charge in [0.2, 0.25) is 0 Å². The molecule has 1 aromatic rings. The predicted octanol–water partition coefficient (Wildman–Crippen LogP) is 2.54. The first-order valence-electron chi connectivity index (χ1n) is 4.74. The van der Waals surface area contributed by atoms with Gasteiger partial charge in [0.25, 0.3) is 0 Å². The summed E-state index contributed by atoms with van der Waals surface area (Å²) in [6.45, 7) is 0. The third-order valence-corrected chi connectivity index (χ3v) is 2.95. The summed E-state index contributed by atoms with van der Waals surface area (Å²) in [5.74, 6) is -2.02. The Morgan fingerprint density at radius 1 is 1.25 bits per heavy atom. The summed E-state index contributed by atoms with van der Waals surface area (Å²) in [5.41, 5.74) is 0.383. The number of carbonyl (C=O) groups excluding carboxylic acids is 2. The number of esters is 2. The highest BCUT2D eigenvalue weighted by Gasteiger charge is 2.29. The number of benzene rings is 1. The first-order valence-corrected chi connectivity index (χ1v) is 5.54. The lowest BCUT2D eigenvalue weighted by Crippen LogP contribution is -2.24. The summed E-state index contributed by atoms with van der Waals surface area (Å²) < 4.78 is 18.6. The third kappa shape index (κ3) is 2.29. The zero-order valence-electron chi connectivity index (χ0n) is 8.20. The van der Waals surface area contributed by atoms with Crippen LogP contribution >= 0.6 is 15.9 Å². The van der Waals surface area contributed by atoms with E-state index in [4.69, 9.17) is 0 Å². The van der Waals surface area contributed by atoms with E-state index < -0.39 is 23.7 Å². The molecule has 1 heterocycles. The van der Waals surface area contributed by atoms with Crippen molar-refractivity contribution in [2.24, 2.45) is 0 Å². The molecule has 0 saturated carbocycles. The molecular formula is C11H8BrFO3. The molecule has 1 aliphatic heterocycles. The lowest BCUT2D eigenvalue weighted by Gasteiger charge is -2.20. The first-order chi connectivity index (χ1) is 7.56. The van der Waals surface area contributed by atoms with Gasteiger partial charge in [0, 0.05) is 10.4 Å². The van der Waals surface area contributed by atoms with Crippen molar-refractivity contribution in [2.75, 3.05) is 0 Å². The Morgan fingerprint density at radius 2 is 1.88 bits per heavy atom. The van der Waals surface area contributed by atoms with Gasteiger partial charge in [-0.25, -0.2) is 4.39 Å². The van der Waals surface area contributed by atoms with Gasteiger partial charge in [0.15, 0.2) is 0 Å². The molecule has 0 spiro atoms. The zero-order valence-corrected chi connectivity index (χ0v) is 9.79. The molecular weight excluding hydrogens is 279 g/mol. The molecule has 1 fully saturated rings. The smallest absolute Gasteiger partial charge is 0.314 e. The molecule has 0 atom stereocenters. The van der Waals surface area contributed by atoms with Gasteiger partial charge in [-0.05, 0) is 17.7 Å². The molecule has 0 aliphatic carbocycles. The van der Waals surface area contributed by atoms with Crippen LogP contribution in [0.25, 0.3) is 0 Å². The SMILES string of the molecule is O=C1CC(c2ccc(Br)cc2F)CC(=O)O1. The number of halogens is 2. The summed E-state index contributed by atoms with van der Waals surface area (Å²) in [6, 6.07) is 4.58. The monoisotopic (exact) mass is 286 g/mol. The highest BCUT2D eigenvalue weighted by atomic mass is 79.9. The quantitative estimate of drug-likeness (QED) is 0.589. The maximum atomic E-state index is 13.6. The highest BCUT2D eigenvalue weighted by molar-refractivity contribution is 9.10. The molecule has 0 unspecified atom stereocenters. The Morgan fingerprint density at radius 3 is 2.44 bits per heavy atom. The Balaban J connectivity index is 2.29. The summed E-state index contributed by atoms with van der Waals surface area (Å²) in [5, 5.41) is 0. The molecule has 0 radical (unpaired) electrons. The van der Waals surface area contributed by atoms with E-state index in [1.54, 1.807) is 12.1 Å². The maximum Gasteiger partial charge on any atom is 0.314 e. The number of carbonyl (C=O) groups is 2. The van der Waals surface area contributed by atoms with Gasteiger partial charge in [-0.2, -0.15) is 0 Å². The Labute approximate surface area is 99.7 Å². The number of cyclic esters (lactones) is 2. The largest absolute Gasteiger partial charge is 0.393 e. The van der Waals surface area contributed by atoms with Gasteiger partial charge in [0.1, 0.15) is 5.82 Å². The van der Waals surface area contributed by atoms with E-state index in [-0.39, 0.29) is 12.8 Å². The standard InChI is InChI=1S/C11H8BrFO3/c12-7-1-2-8(9(13)5-7)6-3-10(14)16-11(15)4-6/h1-2,5-6H,3-4H2. The van der Waals surface area contributed by atoms with Crippen molar-refractivity contribution in [3.63, 3.8) is 0 Å². The van der Waals surface area contributed by atoms with Crippen LogP contribution in [0.1, 0.15) is 24.3 Å². The lowest BCUT2D eigenvalue weighted by atomic mass is 9.91. The minimum absolute atomic E-state index is 0.0459. The second-order valence-corrected chi connectivity index (χ2v) is 4.53. The second kappa shape index (κ2) is 4.33. The molecule has 0 amide bonds. The molecule has 84 valence electrons. The second-order valence-electron chi connectivity index (χ2n) is 3.62. The van der Waals surface area contributed by atoms with Gasteiger partial charge in [-0.1, -0.05) is 22.0 Å². The van der Waals surface area contributed by atoms with Crippen molar-refractivity contribution in [2.45, 2.75) is 18.8 Å². The van der Waals surface area contributed by atoms with Gasteiger partial charge >= 0.3 is 11.9 Å². The minimum atomic E-state index is -0.594. The number of rotatable bonds is 1. The van der Waals surface area contributed by atoms with Crippen LogP contribution in [0.3, 0.4) is 0 Å². The fourth-order valence-electron chi connectivity index (χ4n) is 1.74. The van der Waals surface area contributed by atoms with Gasteiger partial charge in [-0.15, -0.1) is 0 Å². The fraction of sp³-hybridized carbons (Fsp3) is 0.273. The van der Waals surface area contributed by atoms with Crippen molar-refractivity contribution in [1.29, 1.82) is 0 Å². The van der Waals surface area contributed by atoms with Crippen LogP contribution in [0.5, 0.6) is 0 Å². The topological polar surface area (TPSA) is 43.4 Å². The van der Waals surface area contributed by atoms with Crippen molar-refractivity contribution in [3.05, 3.63) is 34.1 Å². The summed E-state index contributed by atoms with van der Waals surface area (Å²) in [7, 11) is 0. The average Bonchev–Trinajstić information content (AvgIpc) is 2.15. The van der Waals surface area contributed by atoms with Gasteiger partial charge in [0.05, 0.1) is 12.8 Å². The molecule has 0 bridgehead atoms. The average molecular weight is 287 g/mol. The number of hydrogen-bond acceptors (Lipinski definition) is 3. The van der Waals surface area contributed by atoms with Crippen molar-refractivity contribution in [3.8, 4) is 0 Å². The van der Waals surface area contributed by atoms with Crippen molar-refractivity contribution < 1.29 is 18.7 Å². The van der Waals surface area contributed by atoms with Crippen LogP contribution < -0.4 is 0 Å². The van der Waals surface area contributed by atoms with E-state index in [1.165, 1.54) is 6.07 Å². The minimum Gasteiger partial charge on any atom is -0.393 e. The van der Waals surface area contributed by atoms with Crippen LogP contribution in [0.15, 0.2) is 22.7 Å². The number of hydrogen-bond donors (Lipinski definition) is 0. The molecule has 2 rings (SSSR count). The number of ether oxygens (including phenoxy) is 1. The van der Waals surface area contributed by atoms with Gasteiger partial charge in [-0.3, -0.25) is 9.59 Å². The van der Waals surface area contributed by atoms with Crippen LogP contribution in [-0.4, -0.2) is 11.9 Å². The fourth-order valence-corrected chi connectivity index (χ4v) is 2.07. The van der Waals surface area contributed by atoms with E-state index >= 15 is 0 Å². The van der Waals surface area contributed by atoms with Crippen LogP contribution in [0, 0.1) is 5.82 Å². The summed E-state index contributed by atoms with van der Waals surface area (Å²) in [6.07, 6.45) is 0.0918. The molecule has 16 heavy (non-hydrogen) atoms. The lowest BCUT2D eigenvalue weighted by molar-refractivity contribution is -0.163. The summed E-state index contributed by atoms with van der Waals surface area (Å²) >= 11 is 3.15. The Hall–Kier alpha value is -1.23. The predicted molar refractivity (Wildman–Crippen MR) is 57.2 cm³/mol. The highest BCUT2D eigenvalue weighted by Crippen LogP contribution is 2.31. The van der Waals surface area contributed by atoms with Crippen molar-refractivity contribution >= 4 is 27.9 Å². The van der Waals surface area contributed by atoms with E-state index in [0.717, 1.165) is 0 Å². The molecule has 3 nitrogen and oxygen atoms in total. The Bertz CT molecular complexity index is 443. The molecule has 0 aromatic heterocycles. The third-order valence-electron chi connectivity index (χ3n) is 2.46. The molecule has 1 aromatic carbocycles. The molecule has 0 N–H and O–H groups in total. The van der Waals surface area contributed by atoms with Gasteiger partial charge < -0.3 is 4.74 Å². The normalized spacial score (nSPS) is 17.4. The zero-order chi connectivity index (χ0) is 11.7. The van der Waals surface area contributed by atoms with E-state index in [1.807, 2.05) is 0 Å². The molecule has 5 heteroatoms. The van der Waals surface area contributed by atoms with E-state index in [9.17, 15) is 14.0 Å². The Kier molecular flexibility index (Phi) is 3.05.